The summed E-state index contributed by atoms with van der Waals surface area (Å²) in [6.07, 6.45) is 1.73. The van der Waals surface area contributed by atoms with Gasteiger partial charge in [-0.1, -0.05) is 0 Å². The molecule has 0 fully saturated rings. The third-order valence-electron chi connectivity index (χ3n) is 3.87. The third-order valence-corrected chi connectivity index (χ3v) is 3.87. The Morgan fingerprint density at radius 3 is 2.80 bits per heavy atom. The molecule has 0 bridgehead atoms. The lowest BCUT2D eigenvalue weighted by molar-refractivity contribution is 0.0221. The van der Waals surface area contributed by atoms with Crippen LogP contribution in [0.3, 0.4) is 0 Å². The lowest BCUT2D eigenvalue weighted by Gasteiger charge is -2.29. The molecule has 0 radical (unpaired) electrons. The largest absolute Gasteiger partial charge is 0.469 e. The monoisotopic (exact) mass is 346 g/mol. The molecule has 25 heavy (non-hydrogen) atoms. The van der Waals surface area contributed by atoms with Crippen molar-refractivity contribution in [3.63, 3.8) is 0 Å². The van der Waals surface area contributed by atoms with Gasteiger partial charge in [0, 0.05) is 12.1 Å². The molecular formula is C17H22N4O4. The number of carbonyl (C=O) groups is 2. The van der Waals surface area contributed by atoms with Crippen molar-refractivity contribution in [2.75, 3.05) is 12.3 Å². The van der Waals surface area contributed by atoms with E-state index < -0.39 is 11.7 Å². The van der Waals surface area contributed by atoms with Crippen LogP contribution in [0.25, 0.3) is 0 Å². The van der Waals surface area contributed by atoms with Gasteiger partial charge in [-0.3, -0.25) is 4.79 Å². The first-order valence-electron chi connectivity index (χ1n) is 8.14. The smallest absolute Gasteiger partial charge is 0.410 e. The maximum atomic E-state index is 12.4. The van der Waals surface area contributed by atoms with E-state index in [2.05, 4.69) is 5.10 Å². The molecule has 8 heteroatoms. The normalized spacial score (nSPS) is 14.3. The lowest BCUT2D eigenvalue weighted by Crippen LogP contribution is -2.39. The van der Waals surface area contributed by atoms with Gasteiger partial charge in [0.05, 0.1) is 24.9 Å². The zero-order chi connectivity index (χ0) is 18.2. The predicted octanol–water partition coefficient (Wildman–Crippen LogP) is 2.23. The Balaban J connectivity index is 1.75. The highest BCUT2D eigenvalue weighted by molar-refractivity contribution is 5.83. The third kappa shape index (κ3) is 3.67. The van der Waals surface area contributed by atoms with E-state index in [-0.39, 0.29) is 18.9 Å². The number of carbonyl (C=O) groups excluding carboxylic acids is 2. The minimum absolute atomic E-state index is 0.0769. The fraction of sp³-hybridized carbons (Fsp3) is 0.471. The number of amides is 1. The van der Waals surface area contributed by atoms with Crippen LogP contribution in [-0.4, -0.2) is 38.8 Å². The van der Waals surface area contributed by atoms with Crippen molar-refractivity contribution in [3.8, 4) is 0 Å². The van der Waals surface area contributed by atoms with Crippen LogP contribution in [0.5, 0.6) is 0 Å². The quantitative estimate of drug-likeness (QED) is 0.894. The van der Waals surface area contributed by atoms with Gasteiger partial charge in [0.2, 0.25) is 0 Å². The van der Waals surface area contributed by atoms with Gasteiger partial charge in [0.25, 0.3) is 5.91 Å². The van der Waals surface area contributed by atoms with Crippen molar-refractivity contribution >= 4 is 17.8 Å². The van der Waals surface area contributed by atoms with Gasteiger partial charge in [-0.15, -0.1) is 0 Å². The van der Waals surface area contributed by atoms with Crippen molar-refractivity contribution in [3.05, 3.63) is 35.4 Å². The van der Waals surface area contributed by atoms with E-state index in [1.165, 1.54) is 10.9 Å². The standard InChI is InChI=1S/C17H22N4O4/c1-17(2,3)25-16(23)20-7-6-12-13(10-20)19-21(15(12)18)14(22)9-11-5-4-8-24-11/h4-5,8H,6-7,9-10,18H2,1-3H3. The van der Waals surface area contributed by atoms with Gasteiger partial charge in [-0.2, -0.15) is 9.78 Å². The first kappa shape index (κ1) is 17.1. The van der Waals surface area contributed by atoms with Crippen LogP contribution in [0.15, 0.2) is 22.8 Å². The zero-order valence-electron chi connectivity index (χ0n) is 14.6. The van der Waals surface area contributed by atoms with Gasteiger partial charge in [0.1, 0.15) is 17.2 Å². The predicted molar refractivity (Wildman–Crippen MR) is 90.0 cm³/mol. The van der Waals surface area contributed by atoms with Crippen LogP contribution in [0.1, 0.15) is 42.6 Å². The summed E-state index contributed by atoms with van der Waals surface area (Å²) in [6.45, 7) is 6.21. The molecule has 8 nitrogen and oxygen atoms in total. The van der Waals surface area contributed by atoms with Crippen molar-refractivity contribution < 1.29 is 18.7 Å². The van der Waals surface area contributed by atoms with Crippen molar-refractivity contribution in [2.45, 2.75) is 45.8 Å². The first-order valence-corrected chi connectivity index (χ1v) is 8.14. The Hall–Kier alpha value is -2.77. The topological polar surface area (TPSA) is 104 Å². The van der Waals surface area contributed by atoms with Crippen LogP contribution in [0.2, 0.25) is 0 Å². The Kier molecular flexibility index (Phi) is 4.28. The Labute approximate surface area is 145 Å². The number of furan rings is 1. The minimum Gasteiger partial charge on any atom is -0.469 e. The highest BCUT2D eigenvalue weighted by Gasteiger charge is 2.30. The molecule has 0 spiro atoms. The summed E-state index contributed by atoms with van der Waals surface area (Å²) in [7, 11) is 0. The van der Waals surface area contributed by atoms with Gasteiger partial charge < -0.3 is 19.8 Å². The summed E-state index contributed by atoms with van der Waals surface area (Å²) in [6, 6.07) is 3.44. The number of aromatic nitrogens is 2. The molecule has 2 aromatic rings. The van der Waals surface area contributed by atoms with Crippen molar-refractivity contribution in [1.82, 2.24) is 14.7 Å². The second-order valence-corrected chi connectivity index (χ2v) is 7.02. The summed E-state index contributed by atoms with van der Waals surface area (Å²) >= 11 is 0. The fourth-order valence-corrected chi connectivity index (χ4v) is 2.73. The SMILES string of the molecule is CC(C)(C)OC(=O)N1CCc2c(nn(C(=O)Cc3ccco3)c2N)C1. The molecule has 3 heterocycles. The van der Waals surface area contributed by atoms with Gasteiger partial charge >= 0.3 is 6.09 Å². The van der Waals surface area contributed by atoms with Gasteiger partial charge in [-0.25, -0.2) is 4.79 Å². The molecule has 0 aliphatic carbocycles. The van der Waals surface area contributed by atoms with Crippen LogP contribution >= 0.6 is 0 Å². The molecular weight excluding hydrogens is 324 g/mol. The number of nitrogens with zero attached hydrogens (tertiary/aromatic N) is 3. The van der Waals surface area contributed by atoms with E-state index in [0.717, 1.165) is 5.56 Å². The number of anilines is 1. The summed E-state index contributed by atoms with van der Waals surface area (Å²) in [5.74, 6) is 0.606. The highest BCUT2D eigenvalue weighted by Crippen LogP contribution is 2.25. The second-order valence-electron chi connectivity index (χ2n) is 7.02. The number of hydrogen-bond acceptors (Lipinski definition) is 6. The molecule has 1 aliphatic rings. The number of nitrogen functional groups attached to an aromatic ring is 1. The molecule has 0 saturated heterocycles. The summed E-state index contributed by atoms with van der Waals surface area (Å²) in [5.41, 5.74) is 6.97. The fourth-order valence-electron chi connectivity index (χ4n) is 2.73. The lowest BCUT2D eigenvalue weighted by atomic mass is 10.1. The second kappa shape index (κ2) is 6.27. The van der Waals surface area contributed by atoms with E-state index >= 15 is 0 Å². The highest BCUT2D eigenvalue weighted by atomic mass is 16.6. The van der Waals surface area contributed by atoms with Crippen LogP contribution in [0.4, 0.5) is 10.6 Å². The van der Waals surface area contributed by atoms with Crippen molar-refractivity contribution in [1.29, 1.82) is 0 Å². The first-order chi connectivity index (χ1) is 11.7. The molecule has 134 valence electrons. The van der Waals surface area contributed by atoms with E-state index in [1.54, 1.807) is 17.0 Å². The number of hydrogen-bond donors (Lipinski definition) is 1. The number of ether oxygens (including phenoxy) is 1. The number of nitrogens with two attached hydrogens (primary N) is 1. The van der Waals surface area contributed by atoms with E-state index in [0.29, 0.717) is 30.2 Å². The molecule has 0 unspecified atom stereocenters. The maximum absolute atomic E-state index is 12.4. The average molecular weight is 346 g/mol. The van der Waals surface area contributed by atoms with Crippen LogP contribution in [0, 0.1) is 0 Å². The van der Waals surface area contributed by atoms with Crippen LogP contribution < -0.4 is 5.73 Å². The number of fused-ring (bicyclic) bond motifs is 1. The summed E-state index contributed by atoms with van der Waals surface area (Å²) < 4.78 is 11.8. The van der Waals surface area contributed by atoms with Crippen LogP contribution in [-0.2, 0) is 24.1 Å². The Morgan fingerprint density at radius 2 is 2.16 bits per heavy atom. The number of rotatable bonds is 2. The van der Waals surface area contributed by atoms with Gasteiger partial charge in [0.15, 0.2) is 0 Å². The molecule has 1 aliphatic heterocycles. The molecule has 2 N–H and O–H groups in total. The van der Waals surface area contributed by atoms with E-state index in [4.69, 9.17) is 14.9 Å². The molecule has 0 aromatic carbocycles. The zero-order valence-corrected chi connectivity index (χ0v) is 14.6. The van der Waals surface area contributed by atoms with Crippen molar-refractivity contribution in [2.24, 2.45) is 0 Å². The molecule has 0 saturated carbocycles. The summed E-state index contributed by atoms with van der Waals surface area (Å²) in [5, 5.41) is 4.31. The minimum atomic E-state index is -0.561. The molecule has 2 aromatic heterocycles. The van der Waals surface area contributed by atoms with E-state index in [1.807, 2.05) is 20.8 Å². The Bertz CT molecular complexity index is 786. The Morgan fingerprint density at radius 1 is 1.40 bits per heavy atom. The summed E-state index contributed by atoms with van der Waals surface area (Å²) in [4.78, 5) is 26.2. The molecule has 3 rings (SSSR count). The molecule has 0 atom stereocenters. The average Bonchev–Trinajstić information content (AvgIpc) is 3.13. The maximum Gasteiger partial charge on any atom is 0.410 e. The van der Waals surface area contributed by atoms with E-state index in [9.17, 15) is 9.59 Å². The van der Waals surface area contributed by atoms with Gasteiger partial charge in [-0.05, 0) is 39.3 Å². The molecule has 1 amide bonds.